The monoisotopic (exact) mass is 231 g/mol. The van der Waals surface area contributed by atoms with Crippen molar-refractivity contribution < 1.29 is 9.90 Å². The number of aromatic carboxylic acids is 1. The van der Waals surface area contributed by atoms with Gasteiger partial charge in [-0.1, -0.05) is 0 Å². The first-order chi connectivity index (χ1) is 8.09. The van der Waals surface area contributed by atoms with Gasteiger partial charge in [0.15, 0.2) is 0 Å². The quantitative estimate of drug-likeness (QED) is 0.781. The average molecular weight is 231 g/mol. The summed E-state index contributed by atoms with van der Waals surface area (Å²) in [6.45, 7) is 2.03. The van der Waals surface area contributed by atoms with E-state index in [1.165, 1.54) is 5.56 Å². The van der Waals surface area contributed by atoms with Gasteiger partial charge in [0.1, 0.15) is 5.69 Å². The van der Waals surface area contributed by atoms with Crippen LogP contribution in [0.4, 0.5) is 0 Å². The van der Waals surface area contributed by atoms with Gasteiger partial charge in [-0.05, 0) is 25.3 Å². The number of carboxylic acid groups (broad SMARTS) is 1. The maximum Gasteiger partial charge on any atom is 0.354 e. The highest BCUT2D eigenvalue weighted by atomic mass is 16.4. The molecule has 5 nitrogen and oxygen atoms in total. The topological polar surface area (TPSA) is 70.9 Å². The lowest BCUT2D eigenvalue weighted by atomic mass is 9.91. The third kappa shape index (κ3) is 1.25. The fourth-order valence-electron chi connectivity index (χ4n) is 2.57. The van der Waals surface area contributed by atoms with Gasteiger partial charge in [-0.15, -0.1) is 0 Å². The highest BCUT2D eigenvalue weighted by molar-refractivity contribution is 5.90. The van der Waals surface area contributed by atoms with Crippen LogP contribution in [0.5, 0.6) is 0 Å². The van der Waals surface area contributed by atoms with E-state index in [0.717, 1.165) is 35.4 Å². The molecule has 2 aromatic heterocycles. The molecule has 88 valence electrons. The van der Waals surface area contributed by atoms with Gasteiger partial charge >= 0.3 is 5.97 Å². The van der Waals surface area contributed by atoms with E-state index < -0.39 is 5.97 Å². The van der Waals surface area contributed by atoms with Gasteiger partial charge in [-0.3, -0.25) is 5.10 Å². The Labute approximate surface area is 98.1 Å². The predicted octanol–water partition coefficient (Wildman–Crippen LogP) is 1.52. The summed E-state index contributed by atoms with van der Waals surface area (Å²) < 4.78 is 2.06. The molecular weight excluding hydrogens is 218 g/mol. The molecule has 0 radical (unpaired) electrons. The van der Waals surface area contributed by atoms with Crippen LogP contribution in [0, 0.1) is 6.92 Å². The van der Waals surface area contributed by atoms with Gasteiger partial charge < -0.3 is 9.67 Å². The smallest absolute Gasteiger partial charge is 0.354 e. The molecule has 2 heterocycles. The number of fused-ring (bicyclic) bond motifs is 3. The molecule has 17 heavy (non-hydrogen) atoms. The first-order valence-corrected chi connectivity index (χ1v) is 5.55. The van der Waals surface area contributed by atoms with Crippen LogP contribution in [0.15, 0.2) is 6.20 Å². The standard InChI is InChI=1S/C12H13N3O2/c1-6-9-7(5-15(6)2)3-4-8-10(9)13-14-11(8)12(16)17/h5H,3-4H2,1-2H3,(H,13,14)(H,16,17). The molecule has 0 aliphatic heterocycles. The van der Waals surface area contributed by atoms with E-state index in [0.29, 0.717) is 0 Å². The highest BCUT2D eigenvalue weighted by Crippen LogP contribution is 2.36. The van der Waals surface area contributed by atoms with Crippen molar-refractivity contribution in [3.63, 3.8) is 0 Å². The summed E-state index contributed by atoms with van der Waals surface area (Å²) in [6.07, 6.45) is 3.72. The Morgan fingerprint density at radius 1 is 1.53 bits per heavy atom. The summed E-state index contributed by atoms with van der Waals surface area (Å²) in [5, 5.41) is 15.9. The molecule has 1 aliphatic carbocycles. The minimum atomic E-state index is -0.934. The Balaban J connectivity index is 2.27. The highest BCUT2D eigenvalue weighted by Gasteiger charge is 2.27. The molecule has 0 unspecified atom stereocenters. The molecule has 0 bridgehead atoms. The summed E-state index contributed by atoms with van der Waals surface area (Å²) >= 11 is 0. The van der Waals surface area contributed by atoms with Crippen molar-refractivity contribution in [1.82, 2.24) is 14.8 Å². The van der Waals surface area contributed by atoms with E-state index in [4.69, 9.17) is 5.11 Å². The number of hydrogen-bond donors (Lipinski definition) is 2. The predicted molar refractivity (Wildman–Crippen MR) is 62.1 cm³/mol. The summed E-state index contributed by atoms with van der Waals surface area (Å²) in [5.41, 5.74) is 5.35. The van der Waals surface area contributed by atoms with Crippen LogP contribution in [-0.2, 0) is 19.9 Å². The van der Waals surface area contributed by atoms with Crippen LogP contribution in [0.2, 0.25) is 0 Å². The zero-order valence-corrected chi connectivity index (χ0v) is 9.74. The van der Waals surface area contributed by atoms with E-state index >= 15 is 0 Å². The van der Waals surface area contributed by atoms with Crippen molar-refractivity contribution in [1.29, 1.82) is 0 Å². The minimum absolute atomic E-state index is 0.230. The van der Waals surface area contributed by atoms with Gasteiger partial charge in [0.25, 0.3) is 0 Å². The number of nitrogens with one attached hydrogen (secondary N) is 1. The van der Waals surface area contributed by atoms with Crippen LogP contribution in [0.3, 0.4) is 0 Å². The second-order valence-corrected chi connectivity index (χ2v) is 4.46. The molecule has 0 atom stereocenters. The molecule has 2 N–H and O–H groups in total. The maximum atomic E-state index is 11.1. The molecule has 5 heteroatoms. The van der Waals surface area contributed by atoms with Gasteiger partial charge in [-0.25, -0.2) is 4.79 Å². The Morgan fingerprint density at radius 3 is 3.00 bits per heavy atom. The van der Waals surface area contributed by atoms with Gasteiger partial charge in [-0.2, -0.15) is 5.10 Å². The molecule has 0 spiro atoms. The molecule has 0 amide bonds. The van der Waals surface area contributed by atoms with Gasteiger partial charge in [0.05, 0.1) is 5.69 Å². The van der Waals surface area contributed by atoms with Crippen LogP contribution in [0.1, 0.15) is 27.3 Å². The van der Waals surface area contributed by atoms with E-state index in [9.17, 15) is 4.79 Å². The fraction of sp³-hybridized carbons (Fsp3) is 0.333. The van der Waals surface area contributed by atoms with Gasteiger partial charge in [0, 0.05) is 30.1 Å². The Morgan fingerprint density at radius 2 is 2.29 bits per heavy atom. The number of carbonyl (C=O) groups is 1. The van der Waals surface area contributed by atoms with Crippen molar-refractivity contribution in [2.24, 2.45) is 7.05 Å². The number of carboxylic acids is 1. The fourth-order valence-corrected chi connectivity index (χ4v) is 2.57. The Hall–Kier alpha value is -2.04. The zero-order chi connectivity index (χ0) is 12.2. The SMILES string of the molecule is Cc1c2c(cn1C)CCc1c-2n[nH]c1C(=O)O. The average Bonchev–Trinajstić information content (AvgIpc) is 2.81. The van der Waals surface area contributed by atoms with Crippen LogP contribution >= 0.6 is 0 Å². The van der Waals surface area contributed by atoms with E-state index in [1.54, 1.807) is 0 Å². The lowest BCUT2D eigenvalue weighted by molar-refractivity contribution is 0.0689. The normalized spacial score (nSPS) is 13.3. The van der Waals surface area contributed by atoms with E-state index in [2.05, 4.69) is 21.0 Å². The number of aromatic nitrogens is 3. The van der Waals surface area contributed by atoms with Crippen molar-refractivity contribution in [2.45, 2.75) is 19.8 Å². The van der Waals surface area contributed by atoms with Crippen molar-refractivity contribution in [3.8, 4) is 11.3 Å². The first-order valence-electron chi connectivity index (χ1n) is 5.55. The molecule has 1 aliphatic rings. The van der Waals surface area contributed by atoms with Crippen LogP contribution in [-0.4, -0.2) is 25.8 Å². The first kappa shape index (κ1) is 10.1. The zero-order valence-electron chi connectivity index (χ0n) is 9.74. The molecular formula is C12H13N3O2. The third-order valence-corrected chi connectivity index (χ3v) is 3.52. The molecule has 0 saturated heterocycles. The lowest BCUT2D eigenvalue weighted by Gasteiger charge is -2.12. The molecule has 0 saturated carbocycles. The largest absolute Gasteiger partial charge is 0.477 e. The maximum absolute atomic E-state index is 11.1. The number of rotatable bonds is 1. The molecule has 0 fully saturated rings. The van der Waals surface area contributed by atoms with Crippen LogP contribution in [0.25, 0.3) is 11.3 Å². The number of hydrogen-bond acceptors (Lipinski definition) is 2. The van der Waals surface area contributed by atoms with E-state index in [1.807, 2.05) is 14.0 Å². The number of nitrogens with zero attached hydrogens (tertiary/aromatic N) is 2. The third-order valence-electron chi connectivity index (χ3n) is 3.52. The molecule has 3 rings (SSSR count). The summed E-state index contributed by atoms with van der Waals surface area (Å²) in [4.78, 5) is 11.1. The molecule has 2 aromatic rings. The second-order valence-electron chi connectivity index (χ2n) is 4.46. The van der Waals surface area contributed by atoms with Crippen molar-refractivity contribution in [3.05, 3.63) is 28.7 Å². The Bertz CT molecular complexity index is 622. The van der Waals surface area contributed by atoms with Crippen molar-refractivity contribution >= 4 is 5.97 Å². The van der Waals surface area contributed by atoms with Crippen LogP contribution < -0.4 is 0 Å². The second kappa shape index (κ2) is 3.23. The number of aromatic amines is 1. The molecule has 0 aromatic carbocycles. The summed E-state index contributed by atoms with van der Waals surface area (Å²) in [7, 11) is 2.00. The summed E-state index contributed by atoms with van der Waals surface area (Å²) in [5.74, 6) is -0.934. The number of aryl methyl sites for hydroxylation is 2. The Kier molecular flexibility index (Phi) is 1.92. The summed E-state index contributed by atoms with van der Waals surface area (Å²) in [6, 6.07) is 0. The lowest BCUT2D eigenvalue weighted by Crippen LogP contribution is -2.06. The van der Waals surface area contributed by atoms with Gasteiger partial charge in [0.2, 0.25) is 0 Å². The minimum Gasteiger partial charge on any atom is -0.477 e. The van der Waals surface area contributed by atoms with Crippen molar-refractivity contribution in [2.75, 3.05) is 0 Å². The number of H-pyrrole nitrogens is 1. The van der Waals surface area contributed by atoms with E-state index in [-0.39, 0.29) is 5.69 Å².